The second kappa shape index (κ2) is 6.47. The van der Waals surface area contributed by atoms with E-state index >= 15 is 0 Å². The smallest absolute Gasteiger partial charge is 0.161 e. The fraction of sp³-hybridized carbons (Fsp3) is 0.538. The van der Waals surface area contributed by atoms with Crippen LogP contribution in [0.3, 0.4) is 0 Å². The minimum absolute atomic E-state index is 0.0682. The van der Waals surface area contributed by atoms with Gasteiger partial charge in [-0.15, -0.1) is 0 Å². The van der Waals surface area contributed by atoms with E-state index in [1.165, 1.54) is 0 Å². The Balaban J connectivity index is 2.51. The summed E-state index contributed by atoms with van der Waals surface area (Å²) in [6.07, 6.45) is 0.706. The molecular formula is C13H21NO3. The van der Waals surface area contributed by atoms with Crippen LogP contribution < -0.4 is 15.2 Å². The molecule has 1 aromatic rings. The first-order chi connectivity index (χ1) is 8.15. The molecule has 0 aliphatic rings. The number of aliphatic hydroxyl groups excluding tert-OH is 1. The molecule has 1 aromatic carbocycles. The van der Waals surface area contributed by atoms with Crippen LogP contribution in [0.15, 0.2) is 24.3 Å². The van der Waals surface area contributed by atoms with Gasteiger partial charge >= 0.3 is 0 Å². The highest BCUT2D eigenvalue weighted by Gasteiger charge is 2.21. The molecule has 0 aliphatic carbocycles. The lowest BCUT2D eigenvalue weighted by Gasteiger charge is -2.25. The largest absolute Gasteiger partial charge is 0.493 e. The quantitative estimate of drug-likeness (QED) is 0.755. The van der Waals surface area contributed by atoms with Crippen molar-refractivity contribution in [3.05, 3.63) is 24.3 Å². The highest BCUT2D eigenvalue weighted by molar-refractivity contribution is 5.39. The molecule has 0 fully saturated rings. The van der Waals surface area contributed by atoms with Crippen molar-refractivity contribution in [2.45, 2.75) is 13.3 Å². The third-order valence-electron chi connectivity index (χ3n) is 2.91. The predicted octanol–water partition coefficient (Wildman–Crippen LogP) is 1.42. The number of methoxy groups -OCH3 is 1. The van der Waals surface area contributed by atoms with E-state index in [2.05, 4.69) is 0 Å². The van der Waals surface area contributed by atoms with Crippen LogP contribution in [0.2, 0.25) is 0 Å². The molecule has 4 nitrogen and oxygen atoms in total. The van der Waals surface area contributed by atoms with Gasteiger partial charge in [-0.1, -0.05) is 19.1 Å². The van der Waals surface area contributed by atoms with Crippen molar-refractivity contribution in [3.8, 4) is 11.5 Å². The van der Waals surface area contributed by atoms with Crippen LogP contribution in [-0.4, -0.2) is 32.0 Å². The van der Waals surface area contributed by atoms with Gasteiger partial charge in [-0.25, -0.2) is 0 Å². The second-order valence-electron chi connectivity index (χ2n) is 4.42. The minimum Gasteiger partial charge on any atom is -0.493 e. The first-order valence-electron chi connectivity index (χ1n) is 5.72. The van der Waals surface area contributed by atoms with Crippen LogP contribution in [0, 0.1) is 5.41 Å². The predicted molar refractivity (Wildman–Crippen MR) is 67.4 cm³/mol. The summed E-state index contributed by atoms with van der Waals surface area (Å²) in [6.45, 7) is 2.96. The summed E-state index contributed by atoms with van der Waals surface area (Å²) in [5, 5.41) is 9.22. The molecule has 0 aromatic heterocycles. The van der Waals surface area contributed by atoms with Gasteiger partial charge in [-0.05, 0) is 18.6 Å². The zero-order valence-electron chi connectivity index (χ0n) is 10.5. The van der Waals surface area contributed by atoms with Crippen molar-refractivity contribution in [1.29, 1.82) is 0 Å². The van der Waals surface area contributed by atoms with Crippen molar-refractivity contribution >= 4 is 0 Å². The number of hydrogen-bond acceptors (Lipinski definition) is 4. The molecule has 0 bridgehead atoms. The van der Waals surface area contributed by atoms with Gasteiger partial charge in [0, 0.05) is 18.6 Å². The first-order valence-corrected chi connectivity index (χ1v) is 5.72. The molecule has 96 valence electrons. The van der Waals surface area contributed by atoms with E-state index in [1.54, 1.807) is 7.11 Å². The van der Waals surface area contributed by atoms with Gasteiger partial charge in [-0.3, -0.25) is 0 Å². The van der Waals surface area contributed by atoms with Crippen LogP contribution in [0.5, 0.6) is 11.5 Å². The SMILES string of the molecule is COc1ccccc1OCCC(C)(CN)CO. The van der Waals surface area contributed by atoms with Crippen molar-refractivity contribution in [2.75, 3.05) is 26.9 Å². The average Bonchev–Trinajstić information content (AvgIpc) is 2.39. The van der Waals surface area contributed by atoms with E-state index in [4.69, 9.17) is 15.2 Å². The molecule has 0 amide bonds. The summed E-state index contributed by atoms with van der Waals surface area (Å²) < 4.78 is 10.8. The molecule has 3 N–H and O–H groups in total. The number of ether oxygens (including phenoxy) is 2. The lowest BCUT2D eigenvalue weighted by Crippen LogP contribution is -2.32. The molecule has 0 aliphatic heterocycles. The highest BCUT2D eigenvalue weighted by Crippen LogP contribution is 2.27. The fourth-order valence-corrected chi connectivity index (χ4v) is 1.39. The lowest BCUT2D eigenvalue weighted by molar-refractivity contribution is 0.118. The Morgan fingerprint density at radius 2 is 1.94 bits per heavy atom. The number of nitrogens with two attached hydrogens (primary N) is 1. The Morgan fingerprint density at radius 3 is 2.47 bits per heavy atom. The molecule has 0 radical (unpaired) electrons. The Labute approximate surface area is 102 Å². The molecule has 0 saturated heterocycles. The van der Waals surface area contributed by atoms with Crippen LogP contribution in [0.4, 0.5) is 0 Å². The van der Waals surface area contributed by atoms with E-state index in [9.17, 15) is 5.11 Å². The maximum Gasteiger partial charge on any atom is 0.161 e. The maximum absolute atomic E-state index is 9.22. The normalized spacial score (nSPS) is 14.1. The summed E-state index contributed by atoms with van der Waals surface area (Å²) in [4.78, 5) is 0. The average molecular weight is 239 g/mol. The topological polar surface area (TPSA) is 64.7 Å². The zero-order chi connectivity index (χ0) is 12.7. The van der Waals surface area contributed by atoms with Gasteiger partial charge < -0.3 is 20.3 Å². The summed E-state index contributed by atoms with van der Waals surface area (Å²) >= 11 is 0. The molecule has 0 heterocycles. The number of aliphatic hydroxyl groups is 1. The van der Waals surface area contributed by atoms with Crippen molar-refractivity contribution < 1.29 is 14.6 Å². The summed E-state index contributed by atoms with van der Waals surface area (Å²) in [5.74, 6) is 1.43. The number of para-hydroxylation sites is 2. The van der Waals surface area contributed by atoms with E-state index in [0.29, 0.717) is 31.1 Å². The number of rotatable bonds is 7. The Morgan fingerprint density at radius 1 is 1.29 bits per heavy atom. The maximum atomic E-state index is 9.22. The Hall–Kier alpha value is -1.26. The second-order valence-corrected chi connectivity index (χ2v) is 4.42. The van der Waals surface area contributed by atoms with E-state index in [1.807, 2.05) is 31.2 Å². The minimum atomic E-state index is -0.276. The van der Waals surface area contributed by atoms with Crippen molar-refractivity contribution in [3.63, 3.8) is 0 Å². The molecule has 0 spiro atoms. The van der Waals surface area contributed by atoms with Crippen molar-refractivity contribution in [1.82, 2.24) is 0 Å². The van der Waals surface area contributed by atoms with Crippen molar-refractivity contribution in [2.24, 2.45) is 11.1 Å². The highest BCUT2D eigenvalue weighted by atomic mass is 16.5. The van der Waals surface area contributed by atoms with Gasteiger partial charge in [0.25, 0.3) is 0 Å². The standard InChI is InChI=1S/C13H21NO3/c1-13(9-14,10-15)7-8-17-12-6-4-3-5-11(12)16-2/h3-6,15H,7-10,14H2,1-2H3. The molecule has 1 atom stereocenters. The van der Waals surface area contributed by atoms with Gasteiger partial charge in [0.15, 0.2) is 11.5 Å². The number of hydrogen-bond donors (Lipinski definition) is 2. The summed E-state index contributed by atoms with van der Waals surface area (Å²) in [7, 11) is 1.61. The summed E-state index contributed by atoms with van der Waals surface area (Å²) in [5.41, 5.74) is 5.34. The third-order valence-corrected chi connectivity index (χ3v) is 2.91. The summed E-state index contributed by atoms with van der Waals surface area (Å²) in [6, 6.07) is 7.50. The van der Waals surface area contributed by atoms with Gasteiger partial charge in [0.1, 0.15) is 0 Å². The molecule has 4 heteroatoms. The molecule has 0 saturated carbocycles. The zero-order valence-corrected chi connectivity index (χ0v) is 10.5. The van der Waals surface area contributed by atoms with E-state index < -0.39 is 0 Å². The monoisotopic (exact) mass is 239 g/mol. The van der Waals surface area contributed by atoms with Crippen LogP contribution in [0.1, 0.15) is 13.3 Å². The van der Waals surface area contributed by atoms with E-state index in [-0.39, 0.29) is 12.0 Å². The molecule has 17 heavy (non-hydrogen) atoms. The van der Waals surface area contributed by atoms with Crippen LogP contribution >= 0.6 is 0 Å². The van der Waals surface area contributed by atoms with E-state index in [0.717, 1.165) is 0 Å². The lowest BCUT2D eigenvalue weighted by atomic mass is 9.88. The fourth-order valence-electron chi connectivity index (χ4n) is 1.39. The molecule has 1 rings (SSSR count). The first kappa shape index (κ1) is 13.8. The van der Waals surface area contributed by atoms with Gasteiger partial charge in [0.2, 0.25) is 0 Å². The Kier molecular flexibility index (Phi) is 5.25. The molecule has 1 unspecified atom stereocenters. The number of benzene rings is 1. The Bertz CT molecular complexity index is 337. The van der Waals surface area contributed by atoms with Gasteiger partial charge in [-0.2, -0.15) is 0 Å². The van der Waals surface area contributed by atoms with Gasteiger partial charge in [0.05, 0.1) is 13.7 Å². The van der Waals surface area contributed by atoms with Crippen LogP contribution in [0.25, 0.3) is 0 Å². The molecular weight excluding hydrogens is 218 g/mol. The third kappa shape index (κ3) is 3.91. The van der Waals surface area contributed by atoms with Crippen LogP contribution in [-0.2, 0) is 0 Å².